The quantitative estimate of drug-likeness (QED) is 0.252. The van der Waals surface area contributed by atoms with E-state index in [1.807, 2.05) is 6.92 Å². The van der Waals surface area contributed by atoms with Crippen LogP contribution in [0, 0.1) is 11.3 Å². The molecule has 6 nitrogen and oxygen atoms in total. The number of oxime groups is 1. The number of carbonyl (C=O) groups is 2. The van der Waals surface area contributed by atoms with Gasteiger partial charge in [0, 0.05) is 6.42 Å². The summed E-state index contributed by atoms with van der Waals surface area (Å²) in [6.07, 6.45) is 2.82. The molecule has 0 saturated carbocycles. The number of ketones is 1. The summed E-state index contributed by atoms with van der Waals surface area (Å²) in [6.45, 7) is 9.16. The van der Waals surface area contributed by atoms with Crippen LogP contribution in [-0.2, 0) is 19.2 Å². The molecule has 0 saturated heterocycles. The van der Waals surface area contributed by atoms with E-state index in [0.717, 1.165) is 0 Å². The molecule has 0 radical (unpaired) electrons. The average molecular weight is 339 g/mol. The predicted octanol–water partition coefficient (Wildman–Crippen LogP) is 3.58. The molecular formula is C18H29NO5. The van der Waals surface area contributed by atoms with Gasteiger partial charge in [-0.2, -0.15) is 0 Å². The highest BCUT2D eigenvalue weighted by Crippen LogP contribution is 2.42. The molecule has 1 rings (SSSR count). The lowest BCUT2D eigenvalue weighted by atomic mass is 9.67. The molecule has 0 bridgehead atoms. The Morgan fingerprint density at radius 3 is 2.62 bits per heavy atom. The van der Waals surface area contributed by atoms with Crippen LogP contribution in [0.5, 0.6) is 0 Å². The monoisotopic (exact) mass is 339 g/mol. The number of ether oxygens (including phenoxy) is 1. The second-order valence-corrected chi connectivity index (χ2v) is 6.18. The van der Waals surface area contributed by atoms with Gasteiger partial charge in [0.1, 0.15) is 18.3 Å². The van der Waals surface area contributed by atoms with Gasteiger partial charge in [0.15, 0.2) is 5.78 Å². The van der Waals surface area contributed by atoms with Gasteiger partial charge in [-0.05, 0) is 11.8 Å². The molecule has 0 aromatic heterocycles. The first-order valence-corrected chi connectivity index (χ1v) is 7.64. The van der Waals surface area contributed by atoms with E-state index < -0.39 is 17.3 Å². The highest BCUT2D eigenvalue weighted by molar-refractivity contribution is 6.23. The van der Waals surface area contributed by atoms with E-state index in [-0.39, 0.29) is 37.6 Å². The van der Waals surface area contributed by atoms with Crippen molar-refractivity contribution < 1.29 is 24.3 Å². The van der Waals surface area contributed by atoms with Crippen molar-refractivity contribution >= 4 is 17.5 Å². The fraction of sp³-hybridized carbons (Fsp3) is 0.611. The van der Waals surface area contributed by atoms with Crippen molar-refractivity contribution in [2.45, 2.75) is 47.5 Å². The van der Waals surface area contributed by atoms with E-state index >= 15 is 0 Å². The summed E-state index contributed by atoms with van der Waals surface area (Å²) >= 11 is 0. The zero-order valence-corrected chi connectivity index (χ0v) is 14.2. The third-order valence-electron chi connectivity index (χ3n) is 3.79. The summed E-state index contributed by atoms with van der Waals surface area (Å²) in [5.41, 5.74) is -0.302. The molecule has 6 heteroatoms. The summed E-state index contributed by atoms with van der Waals surface area (Å²) in [7, 11) is 1.26. The van der Waals surface area contributed by atoms with Crippen LogP contribution in [0.2, 0.25) is 0 Å². The van der Waals surface area contributed by atoms with Gasteiger partial charge in [-0.3, -0.25) is 9.59 Å². The molecule has 24 heavy (non-hydrogen) atoms. The standard InChI is InChI=1S/C17H25NO5.CH4/c1-6-8-11(18-23-9-7-2)13-12(19)10-17(3,4)14(15(13)20)16(21)22-5;/h7,14,20H,2,6,8-10H2,1,3-5H3;1H4/b18-11+;. The van der Waals surface area contributed by atoms with E-state index in [4.69, 9.17) is 9.57 Å². The minimum absolute atomic E-state index is 0. The predicted molar refractivity (Wildman–Crippen MR) is 93.8 cm³/mol. The number of nitrogens with zero attached hydrogens (tertiary/aromatic N) is 1. The maximum atomic E-state index is 12.5. The normalized spacial score (nSPS) is 20.2. The van der Waals surface area contributed by atoms with Crippen LogP contribution < -0.4 is 0 Å². The van der Waals surface area contributed by atoms with Crippen molar-refractivity contribution in [2.75, 3.05) is 13.7 Å². The van der Waals surface area contributed by atoms with Crippen molar-refractivity contribution in [3.8, 4) is 0 Å². The number of methoxy groups -OCH3 is 1. The SMILES string of the molecule is C.C=CCO/N=C(\CCC)C1=C(O)C(C(=O)OC)C(C)(C)CC1=O. The number of rotatable bonds is 7. The van der Waals surface area contributed by atoms with Gasteiger partial charge in [-0.15, -0.1) is 0 Å². The molecule has 1 aliphatic rings. The highest BCUT2D eigenvalue weighted by Gasteiger charge is 2.47. The molecule has 0 heterocycles. The lowest BCUT2D eigenvalue weighted by molar-refractivity contribution is -0.150. The number of allylic oxidation sites excluding steroid dienone is 1. The Hall–Kier alpha value is -2.11. The molecule has 136 valence electrons. The number of Topliss-reactive ketones (excluding diaryl/α,β-unsaturated/α-hetero) is 1. The number of esters is 1. The van der Waals surface area contributed by atoms with Gasteiger partial charge >= 0.3 is 5.97 Å². The van der Waals surface area contributed by atoms with E-state index in [1.165, 1.54) is 13.2 Å². The first-order valence-electron chi connectivity index (χ1n) is 7.64. The van der Waals surface area contributed by atoms with Crippen LogP contribution in [0.4, 0.5) is 0 Å². The lowest BCUT2D eigenvalue weighted by Crippen LogP contribution is -2.41. The molecule has 0 aliphatic heterocycles. The second kappa shape index (κ2) is 9.25. The van der Waals surface area contributed by atoms with Gasteiger partial charge in [0.2, 0.25) is 0 Å². The number of hydrogen-bond acceptors (Lipinski definition) is 6. The zero-order chi connectivity index (χ0) is 17.6. The van der Waals surface area contributed by atoms with Crippen molar-refractivity contribution in [1.82, 2.24) is 0 Å². The fourth-order valence-electron chi connectivity index (χ4n) is 2.74. The maximum absolute atomic E-state index is 12.5. The molecule has 0 amide bonds. The smallest absolute Gasteiger partial charge is 0.316 e. The Morgan fingerprint density at radius 1 is 1.50 bits per heavy atom. The maximum Gasteiger partial charge on any atom is 0.316 e. The number of aliphatic hydroxyl groups excluding tert-OH is 1. The Kier molecular flexibility index (Phi) is 8.44. The summed E-state index contributed by atoms with van der Waals surface area (Å²) in [5, 5.41) is 14.5. The molecule has 0 fully saturated rings. The van der Waals surface area contributed by atoms with E-state index in [1.54, 1.807) is 13.8 Å². The minimum atomic E-state index is -0.901. The minimum Gasteiger partial charge on any atom is -0.511 e. The molecule has 1 atom stereocenters. The van der Waals surface area contributed by atoms with Crippen molar-refractivity contribution in [2.24, 2.45) is 16.5 Å². The molecule has 0 spiro atoms. The topological polar surface area (TPSA) is 85.2 Å². The van der Waals surface area contributed by atoms with Gasteiger partial charge in [-0.25, -0.2) is 0 Å². The third-order valence-corrected chi connectivity index (χ3v) is 3.79. The lowest BCUT2D eigenvalue weighted by Gasteiger charge is -2.36. The molecule has 0 aromatic rings. The highest BCUT2D eigenvalue weighted by atomic mass is 16.6. The van der Waals surface area contributed by atoms with Crippen LogP contribution in [-0.4, -0.2) is 36.3 Å². The summed E-state index contributed by atoms with van der Waals surface area (Å²) in [6, 6.07) is 0. The van der Waals surface area contributed by atoms with Crippen LogP contribution in [0.25, 0.3) is 0 Å². The van der Waals surface area contributed by atoms with Crippen LogP contribution in [0.3, 0.4) is 0 Å². The average Bonchev–Trinajstić information content (AvgIpc) is 2.45. The number of carbonyl (C=O) groups excluding carboxylic acids is 2. The number of hydrogen-bond donors (Lipinski definition) is 1. The fourth-order valence-corrected chi connectivity index (χ4v) is 2.74. The molecular weight excluding hydrogens is 310 g/mol. The van der Waals surface area contributed by atoms with Crippen molar-refractivity contribution in [1.29, 1.82) is 0 Å². The van der Waals surface area contributed by atoms with E-state index in [9.17, 15) is 14.7 Å². The zero-order valence-electron chi connectivity index (χ0n) is 14.2. The van der Waals surface area contributed by atoms with Gasteiger partial charge in [0.05, 0.1) is 18.4 Å². The van der Waals surface area contributed by atoms with E-state index in [0.29, 0.717) is 18.6 Å². The van der Waals surface area contributed by atoms with E-state index in [2.05, 4.69) is 11.7 Å². The molecule has 1 unspecified atom stereocenters. The van der Waals surface area contributed by atoms with Gasteiger partial charge < -0.3 is 14.7 Å². The Labute approximate surface area is 144 Å². The Morgan fingerprint density at radius 2 is 2.12 bits per heavy atom. The van der Waals surface area contributed by atoms with Crippen molar-refractivity contribution in [3.05, 3.63) is 24.0 Å². The first-order chi connectivity index (χ1) is 10.8. The summed E-state index contributed by atoms with van der Waals surface area (Å²) in [5.74, 6) is -2.00. The Bertz CT molecular complexity index is 546. The van der Waals surface area contributed by atoms with Crippen LogP contribution >= 0.6 is 0 Å². The third kappa shape index (κ3) is 4.69. The number of aliphatic hydroxyl groups is 1. The molecule has 0 aromatic carbocycles. The van der Waals surface area contributed by atoms with Crippen LogP contribution in [0.1, 0.15) is 47.5 Å². The van der Waals surface area contributed by atoms with Crippen molar-refractivity contribution in [3.63, 3.8) is 0 Å². The molecule has 1 aliphatic carbocycles. The summed E-state index contributed by atoms with van der Waals surface area (Å²) in [4.78, 5) is 29.7. The first kappa shape index (κ1) is 21.9. The molecule has 1 N–H and O–H groups in total. The van der Waals surface area contributed by atoms with Gasteiger partial charge in [-0.1, -0.05) is 52.4 Å². The Balaban J connectivity index is 0.00000529. The van der Waals surface area contributed by atoms with Gasteiger partial charge in [0.25, 0.3) is 0 Å². The van der Waals surface area contributed by atoms with Crippen LogP contribution in [0.15, 0.2) is 29.1 Å². The second-order valence-electron chi connectivity index (χ2n) is 6.18. The largest absolute Gasteiger partial charge is 0.511 e. The summed E-state index contributed by atoms with van der Waals surface area (Å²) < 4.78 is 4.79.